The van der Waals surface area contributed by atoms with Gasteiger partial charge in [0.2, 0.25) is 0 Å². The van der Waals surface area contributed by atoms with E-state index in [9.17, 15) is 0 Å². The number of rotatable bonds is 4. The molecule has 1 aromatic carbocycles. The van der Waals surface area contributed by atoms with Crippen molar-refractivity contribution in [2.24, 2.45) is 5.92 Å². The van der Waals surface area contributed by atoms with Crippen molar-refractivity contribution in [3.8, 4) is 5.75 Å². The lowest BCUT2D eigenvalue weighted by molar-refractivity contribution is 0.201. The van der Waals surface area contributed by atoms with Gasteiger partial charge in [-0.1, -0.05) is 32.4 Å². The minimum Gasteiger partial charge on any atom is -0.497 e. The van der Waals surface area contributed by atoms with Crippen LogP contribution in [0.15, 0.2) is 24.3 Å². The number of ether oxygens (including phenoxy) is 1. The van der Waals surface area contributed by atoms with Gasteiger partial charge in [-0.3, -0.25) is 0 Å². The van der Waals surface area contributed by atoms with Gasteiger partial charge in [0, 0.05) is 12.0 Å². The van der Waals surface area contributed by atoms with E-state index >= 15 is 0 Å². The van der Waals surface area contributed by atoms with E-state index in [0.29, 0.717) is 0 Å². The van der Waals surface area contributed by atoms with Crippen molar-refractivity contribution in [1.82, 2.24) is 5.32 Å². The van der Waals surface area contributed by atoms with Crippen LogP contribution in [-0.4, -0.2) is 20.2 Å². The summed E-state index contributed by atoms with van der Waals surface area (Å²) in [6.07, 6.45) is 3.73. The normalized spacial score (nSPS) is 28.1. The average molecular weight is 247 g/mol. The van der Waals surface area contributed by atoms with E-state index in [1.165, 1.54) is 24.8 Å². The Morgan fingerprint density at radius 1 is 1.44 bits per heavy atom. The van der Waals surface area contributed by atoms with Crippen molar-refractivity contribution in [3.63, 3.8) is 0 Å². The molecule has 0 bridgehead atoms. The molecule has 0 radical (unpaired) electrons. The third-order valence-corrected chi connectivity index (χ3v) is 4.48. The summed E-state index contributed by atoms with van der Waals surface area (Å²) in [5.74, 6) is 1.70. The van der Waals surface area contributed by atoms with Gasteiger partial charge < -0.3 is 10.1 Å². The molecule has 1 aliphatic rings. The second-order valence-electron chi connectivity index (χ2n) is 5.50. The first-order valence-corrected chi connectivity index (χ1v) is 7.08. The molecule has 0 spiro atoms. The zero-order chi connectivity index (χ0) is 13.0. The van der Waals surface area contributed by atoms with E-state index in [-0.39, 0.29) is 5.41 Å². The van der Waals surface area contributed by atoms with E-state index in [4.69, 9.17) is 4.74 Å². The van der Waals surface area contributed by atoms with Crippen molar-refractivity contribution in [1.29, 1.82) is 0 Å². The minimum atomic E-state index is 0.279. The average Bonchev–Trinajstić information content (AvgIpc) is 2.42. The fourth-order valence-corrected chi connectivity index (χ4v) is 3.33. The minimum absolute atomic E-state index is 0.279. The Morgan fingerprint density at radius 2 is 2.28 bits per heavy atom. The molecule has 2 rings (SSSR count). The summed E-state index contributed by atoms with van der Waals surface area (Å²) < 4.78 is 5.38. The smallest absolute Gasteiger partial charge is 0.119 e. The van der Waals surface area contributed by atoms with Crippen molar-refractivity contribution in [2.45, 2.75) is 38.5 Å². The lowest BCUT2D eigenvalue weighted by atomic mass is 9.65. The lowest BCUT2D eigenvalue weighted by Crippen LogP contribution is -2.48. The number of methoxy groups -OCH3 is 1. The summed E-state index contributed by atoms with van der Waals surface area (Å²) in [7, 11) is 1.74. The first-order valence-electron chi connectivity index (χ1n) is 7.08. The number of benzene rings is 1. The van der Waals surface area contributed by atoms with Crippen LogP contribution in [0.25, 0.3) is 0 Å². The summed E-state index contributed by atoms with van der Waals surface area (Å²) in [5.41, 5.74) is 1.71. The molecule has 18 heavy (non-hydrogen) atoms. The predicted octanol–water partition coefficient (Wildman–Crippen LogP) is 3.36. The topological polar surface area (TPSA) is 21.3 Å². The van der Waals surface area contributed by atoms with Crippen LogP contribution in [0.3, 0.4) is 0 Å². The van der Waals surface area contributed by atoms with Crippen molar-refractivity contribution in [3.05, 3.63) is 29.8 Å². The summed E-state index contributed by atoms with van der Waals surface area (Å²) >= 11 is 0. The highest BCUT2D eigenvalue weighted by molar-refractivity contribution is 5.35. The van der Waals surface area contributed by atoms with E-state index < -0.39 is 0 Å². The summed E-state index contributed by atoms with van der Waals surface area (Å²) in [6, 6.07) is 8.64. The lowest BCUT2D eigenvalue weighted by Gasteiger charge is -2.44. The molecule has 0 saturated carbocycles. The third-order valence-electron chi connectivity index (χ3n) is 4.48. The Balaban J connectivity index is 2.38. The van der Waals surface area contributed by atoms with Crippen molar-refractivity contribution in [2.75, 3.05) is 20.2 Å². The van der Waals surface area contributed by atoms with E-state index in [2.05, 4.69) is 37.4 Å². The predicted molar refractivity (Wildman–Crippen MR) is 76.2 cm³/mol. The molecular weight excluding hydrogens is 222 g/mol. The Morgan fingerprint density at radius 3 is 2.94 bits per heavy atom. The maximum Gasteiger partial charge on any atom is 0.119 e. The Hall–Kier alpha value is -1.02. The van der Waals surface area contributed by atoms with E-state index in [0.717, 1.165) is 24.8 Å². The van der Waals surface area contributed by atoms with Crippen LogP contribution >= 0.6 is 0 Å². The summed E-state index contributed by atoms with van der Waals surface area (Å²) in [5, 5.41) is 3.59. The monoisotopic (exact) mass is 247 g/mol. The second-order valence-corrected chi connectivity index (χ2v) is 5.50. The maximum atomic E-state index is 5.38. The van der Waals surface area contributed by atoms with Crippen LogP contribution in [0.4, 0.5) is 0 Å². The molecule has 2 heteroatoms. The standard InChI is InChI=1S/C16H25NO/c1-4-9-16(12-17-10-8-13(16)2)14-6-5-7-15(11-14)18-3/h5-7,11,13,17H,4,8-10,12H2,1-3H3/t13-,16-/m1/s1. The molecule has 1 aliphatic heterocycles. The highest BCUT2D eigenvalue weighted by Gasteiger charge is 2.38. The third kappa shape index (κ3) is 2.39. The number of nitrogens with one attached hydrogen (secondary N) is 1. The second kappa shape index (κ2) is 5.75. The van der Waals surface area contributed by atoms with Gasteiger partial charge in [-0.05, 0) is 43.0 Å². The molecule has 1 fully saturated rings. The highest BCUT2D eigenvalue weighted by atomic mass is 16.5. The van der Waals surface area contributed by atoms with Crippen LogP contribution in [0.5, 0.6) is 5.75 Å². The van der Waals surface area contributed by atoms with Gasteiger partial charge in [0.25, 0.3) is 0 Å². The van der Waals surface area contributed by atoms with Gasteiger partial charge in [-0.15, -0.1) is 0 Å². The molecule has 1 saturated heterocycles. The van der Waals surface area contributed by atoms with Crippen molar-refractivity contribution < 1.29 is 4.74 Å². The Kier molecular flexibility index (Phi) is 4.28. The summed E-state index contributed by atoms with van der Waals surface area (Å²) in [4.78, 5) is 0. The van der Waals surface area contributed by atoms with Gasteiger partial charge in [-0.2, -0.15) is 0 Å². The zero-order valence-corrected chi connectivity index (χ0v) is 11.8. The number of piperidine rings is 1. The van der Waals surface area contributed by atoms with Crippen molar-refractivity contribution >= 4 is 0 Å². The van der Waals surface area contributed by atoms with Gasteiger partial charge in [0.15, 0.2) is 0 Å². The van der Waals surface area contributed by atoms with E-state index in [1.54, 1.807) is 7.11 Å². The SMILES string of the molecule is CCC[C@@]1(c2cccc(OC)c2)CNCC[C@H]1C. The molecule has 1 heterocycles. The molecular formula is C16H25NO. The van der Waals surface area contributed by atoms with Crippen LogP contribution < -0.4 is 10.1 Å². The molecule has 0 unspecified atom stereocenters. The fraction of sp³-hybridized carbons (Fsp3) is 0.625. The molecule has 100 valence electrons. The number of hydrogen-bond donors (Lipinski definition) is 1. The largest absolute Gasteiger partial charge is 0.497 e. The first-order chi connectivity index (χ1) is 8.73. The highest BCUT2D eigenvalue weighted by Crippen LogP contribution is 2.41. The molecule has 0 amide bonds. The van der Waals surface area contributed by atoms with Gasteiger partial charge in [-0.25, -0.2) is 0 Å². The van der Waals surface area contributed by atoms with Gasteiger partial charge in [0.1, 0.15) is 5.75 Å². The van der Waals surface area contributed by atoms with Crippen LogP contribution in [0, 0.1) is 5.92 Å². The molecule has 1 N–H and O–H groups in total. The fourth-order valence-electron chi connectivity index (χ4n) is 3.33. The molecule has 1 aromatic rings. The maximum absolute atomic E-state index is 5.38. The Labute approximate surface area is 111 Å². The molecule has 2 atom stereocenters. The molecule has 0 aliphatic carbocycles. The van der Waals surface area contributed by atoms with Gasteiger partial charge in [0.05, 0.1) is 7.11 Å². The number of hydrogen-bond acceptors (Lipinski definition) is 2. The van der Waals surface area contributed by atoms with E-state index in [1.807, 2.05) is 6.07 Å². The molecule has 0 aromatic heterocycles. The van der Waals surface area contributed by atoms with Crippen LogP contribution in [-0.2, 0) is 5.41 Å². The quantitative estimate of drug-likeness (QED) is 0.881. The molecule has 2 nitrogen and oxygen atoms in total. The zero-order valence-electron chi connectivity index (χ0n) is 11.8. The first kappa shape index (κ1) is 13.4. The Bertz CT molecular complexity index is 386. The summed E-state index contributed by atoms with van der Waals surface area (Å²) in [6.45, 7) is 6.92. The van der Waals surface area contributed by atoms with Gasteiger partial charge >= 0.3 is 0 Å². The van der Waals surface area contributed by atoms with Crippen LogP contribution in [0.2, 0.25) is 0 Å². The van der Waals surface area contributed by atoms with Crippen LogP contribution in [0.1, 0.15) is 38.7 Å².